The molecule has 0 aliphatic rings. The minimum atomic E-state index is -4.09. The third-order valence-corrected chi connectivity index (χ3v) is 5.04. The van der Waals surface area contributed by atoms with Gasteiger partial charge in [0, 0.05) is 0 Å². The minimum absolute atomic E-state index is 0.416. The summed E-state index contributed by atoms with van der Waals surface area (Å²) in [7, 11) is -7.02. The van der Waals surface area contributed by atoms with Crippen molar-refractivity contribution in [2.75, 3.05) is 19.5 Å². The molecule has 0 bridgehead atoms. The number of methoxy groups -OCH3 is 1. The van der Waals surface area contributed by atoms with E-state index in [0.717, 1.165) is 25.3 Å². The third-order valence-electron chi connectivity index (χ3n) is 2.38. The van der Waals surface area contributed by atoms with Crippen molar-refractivity contribution in [2.45, 2.75) is 9.79 Å². The lowest BCUT2D eigenvalue weighted by Gasteiger charge is -2.09. The normalized spacial score (nSPS) is 12.2. The molecule has 1 aromatic rings. The number of benzene rings is 1. The lowest BCUT2D eigenvalue weighted by molar-refractivity contribution is 0.0596. The highest BCUT2D eigenvalue weighted by atomic mass is 32.2. The van der Waals surface area contributed by atoms with Crippen LogP contribution < -0.4 is 5.14 Å². The molecule has 0 amide bonds. The fourth-order valence-corrected chi connectivity index (χ4v) is 3.21. The zero-order valence-electron chi connectivity index (χ0n) is 10.4. The monoisotopic (exact) mass is 323 g/mol. The molecule has 0 saturated carbocycles. The molecule has 0 heterocycles. The molecule has 0 saturated heterocycles. The fourth-order valence-electron chi connectivity index (χ4n) is 1.46. The highest BCUT2D eigenvalue weighted by molar-refractivity contribution is 7.91. The number of sulfonamides is 1. The summed E-state index contributed by atoms with van der Waals surface area (Å²) in [6.45, 7) is -0.639. The quantitative estimate of drug-likeness (QED) is 0.654. The van der Waals surface area contributed by atoms with E-state index in [9.17, 15) is 21.6 Å². The SMILES string of the molecule is COC(=O)c1cc(S(N)(=O)=O)ccc1S(=O)(=O)CCO. The maximum atomic E-state index is 11.9. The number of nitrogens with two attached hydrogens (primary N) is 1. The fraction of sp³-hybridized carbons (Fsp3) is 0.300. The zero-order chi connectivity index (χ0) is 15.6. The number of carbonyl (C=O) groups excluding carboxylic acids is 1. The predicted molar refractivity (Wildman–Crippen MR) is 68.3 cm³/mol. The summed E-state index contributed by atoms with van der Waals surface area (Å²) in [5, 5.41) is 13.6. The van der Waals surface area contributed by atoms with Crippen LogP contribution >= 0.6 is 0 Å². The van der Waals surface area contributed by atoms with Crippen LogP contribution in [0.2, 0.25) is 0 Å². The Morgan fingerprint density at radius 2 is 1.90 bits per heavy atom. The molecule has 0 aromatic heterocycles. The molecule has 0 spiro atoms. The van der Waals surface area contributed by atoms with Gasteiger partial charge in [-0.2, -0.15) is 0 Å². The Morgan fingerprint density at radius 1 is 1.30 bits per heavy atom. The van der Waals surface area contributed by atoms with Gasteiger partial charge >= 0.3 is 5.97 Å². The predicted octanol–water partition coefficient (Wildman–Crippen LogP) is -1.11. The van der Waals surface area contributed by atoms with Gasteiger partial charge in [0.15, 0.2) is 9.84 Å². The van der Waals surface area contributed by atoms with Crippen LogP contribution in [0.4, 0.5) is 0 Å². The Hall–Kier alpha value is -1.49. The summed E-state index contributed by atoms with van der Waals surface area (Å²) in [4.78, 5) is 10.7. The number of sulfone groups is 1. The lowest BCUT2D eigenvalue weighted by atomic mass is 10.2. The van der Waals surface area contributed by atoms with Gasteiger partial charge in [0.25, 0.3) is 0 Å². The second kappa shape index (κ2) is 5.87. The number of aliphatic hydroxyl groups excluding tert-OH is 1. The number of aliphatic hydroxyl groups is 1. The minimum Gasteiger partial charge on any atom is -0.465 e. The average Bonchev–Trinajstić information content (AvgIpc) is 2.36. The summed E-state index contributed by atoms with van der Waals surface area (Å²) in [6, 6.07) is 2.73. The van der Waals surface area contributed by atoms with Crippen LogP contribution in [-0.4, -0.2) is 47.4 Å². The van der Waals surface area contributed by atoms with E-state index in [4.69, 9.17) is 10.2 Å². The average molecular weight is 323 g/mol. The molecule has 10 heteroatoms. The van der Waals surface area contributed by atoms with E-state index >= 15 is 0 Å². The van der Waals surface area contributed by atoms with Crippen LogP contribution in [0.15, 0.2) is 28.0 Å². The van der Waals surface area contributed by atoms with Crippen molar-refractivity contribution in [2.24, 2.45) is 5.14 Å². The number of esters is 1. The van der Waals surface area contributed by atoms with Crippen LogP contribution in [0.1, 0.15) is 10.4 Å². The molecule has 0 atom stereocenters. The summed E-state index contributed by atoms with van der Waals surface area (Å²) < 4.78 is 50.6. The van der Waals surface area contributed by atoms with Crippen molar-refractivity contribution < 1.29 is 31.5 Å². The summed E-state index contributed by atoms with van der Waals surface area (Å²) in [6.07, 6.45) is 0. The van der Waals surface area contributed by atoms with Crippen LogP contribution in [0.3, 0.4) is 0 Å². The first kappa shape index (κ1) is 16.6. The van der Waals surface area contributed by atoms with Gasteiger partial charge in [0.1, 0.15) is 0 Å². The summed E-state index contributed by atoms with van der Waals surface area (Å²) in [5.41, 5.74) is -0.451. The second-order valence-corrected chi connectivity index (χ2v) is 7.38. The zero-order valence-corrected chi connectivity index (χ0v) is 12.1. The smallest absolute Gasteiger partial charge is 0.339 e. The highest BCUT2D eigenvalue weighted by Crippen LogP contribution is 2.21. The van der Waals surface area contributed by atoms with Gasteiger partial charge in [-0.1, -0.05) is 0 Å². The van der Waals surface area contributed by atoms with Gasteiger partial charge in [-0.15, -0.1) is 0 Å². The molecule has 112 valence electrons. The molecule has 0 fully saturated rings. The van der Waals surface area contributed by atoms with Crippen LogP contribution in [0.25, 0.3) is 0 Å². The molecule has 0 aliphatic heterocycles. The number of rotatable bonds is 5. The Morgan fingerprint density at radius 3 is 2.35 bits per heavy atom. The molecule has 8 nitrogen and oxygen atoms in total. The van der Waals surface area contributed by atoms with Gasteiger partial charge in [0.2, 0.25) is 10.0 Å². The van der Waals surface area contributed by atoms with E-state index in [2.05, 4.69) is 4.74 Å². The van der Waals surface area contributed by atoms with Crippen molar-refractivity contribution >= 4 is 25.8 Å². The lowest BCUT2D eigenvalue weighted by Crippen LogP contribution is -2.18. The van der Waals surface area contributed by atoms with Crippen molar-refractivity contribution in [1.29, 1.82) is 0 Å². The van der Waals surface area contributed by atoms with E-state index in [1.54, 1.807) is 0 Å². The number of hydrogen-bond donors (Lipinski definition) is 2. The van der Waals surface area contributed by atoms with Crippen molar-refractivity contribution in [3.05, 3.63) is 23.8 Å². The van der Waals surface area contributed by atoms with E-state index in [0.29, 0.717) is 0 Å². The van der Waals surface area contributed by atoms with E-state index in [1.165, 1.54) is 0 Å². The number of carbonyl (C=O) groups is 1. The van der Waals surface area contributed by atoms with Gasteiger partial charge < -0.3 is 9.84 Å². The largest absolute Gasteiger partial charge is 0.465 e. The van der Waals surface area contributed by atoms with Gasteiger partial charge in [-0.25, -0.2) is 26.8 Å². The topological polar surface area (TPSA) is 141 Å². The Labute approximate surface area is 116 Å². The Balaban J connectivity index is 3.59. The van der Waals surface area contributed by atoms with Gasteiger partial charge in [0.05, 0.1) is 34.8 Å². The molecule has 0 radical (unpaired) electrons. The van der Waals surface area contributed by atoms with Crippen LogP contribution in [0.5, 0.6) is 0 Å². The Kier molecular flexibility index (Phi) is 4.86. The second-order valence-electron chi connectivity index (χ2n) is 3.74. The standard InChI is InChI=1S/C10H13NO7S2/c1-18-10(13)8-6-7(20(11,16)17)2-3-9(8)19(14,15)5-4-12/h2-3,6,12H,4-5H2,1H3,(H2,11,16,17). The summed E-state index contributed by atoms with van der Waals surface area (Å²) in [5.74, 6) is -1.63. The number of ether oxygens (including phenoxy) is 1. The maximum absolute atomic E-state index is 11.9. The molecule has 0 aliphatic carbocycles. The van der Waals surface area contributed by atoms with E-state index in [1.807, 2.05) is 0 Å². The molecule has 3 N–H and O–H groups in total. The molecule has 20 heavy (non-hydrogen) atoms. The first-order valence-electron chi connectivity index (χ1n) is 5.22. The number of primary sulfonamides is 1. The van der Waals surface area contributed by atoms with Gasteiger partial charge in [-0.3, -0.25) is 0 Å². The molecule has 0 unspecified atom stereocenters. The van der Waals surface area contributed by atoms with E-state index in [-0.39, 0.29) is 0 Å². The maximum Gasteiger partial charge on any atom is 0.339 e. The first-order chi connectivity index (χ1) is 9.13. The van der Waals surface area contributed by atoms with Crippen LogP contribution in [-0.2, 0) is 24.6 Å². The van der Waals surface area contributed by atoms with E-state index < -0.39 is 53.5 Å². The first-order valence-corrected chi connectivity index (χ1v) is 8.42. The van der Waals surface area contributed by atoms with Crippen LogP contribution in [0, 0.1) is 0 Å². The molecular weight excluding hydrogens is 310 g/mol. The van der Waals surface area contributed by atoms with Crippen molar-refractivity contribution in [3.63, 3.8) is 0 Å². The Bertz CT molecular complexity index is 722. The molecule has 1 rings (SSSR count). The van der Waals surface area contributed by atoms with Gasteiger partial charge in [-0.05, 0) is 18.2 Å². The van der Waals surface area contributed by atoms with Crippen molar-refractivity contribution in [1.82, 2.24) is 0 Å². The highest BCUT2D eigenvalue weighted by Gasteiger charge is 2.25. The molecule has 1 aromatic carbocycles. The van der Waals surface area contributed by atoms with Crippen molar-refractivity contribution in [3.8, 4) is 0 Å². The molecular formula is C10H13NO7S2. The summed E-state index contributed by atoms with van der Waals surface area (Å²) >= 11 is 0. The third kappa shape index (κ3) is 3.54. The number of hydrogen-bond acceptors (Lipinski definition) is 7.